The van der Waals surface area contributed by atoms with E-state index in [1.54, 1.807) is 36.4 Å². The second-order valence-electron chi connectivity index (χ2n) is 6.25. The Balaban J connectivity index is 1.98. The predicted octanol–water partition coefficient (Wildman–Crippen LogP) is 6.16. The second kappa shape index (κ2) is 10.7. The van der Waals surface area contributed by atoms with Crippen LogP contribution in [0.15, 0.2) is 69.7 Å². The molecule has 0 radical (unpaired) electrons. The molecule has 0 saturated heterocycles. The molecule has 1 aromatic heterocycles. The number of carbonyl (C=O) groups is 1. The molecule has 1 heterocycles. The third-order valence-electron chi connectivity index (χ3n) is 4.16. The fourth-order valence-corrected chi connectivity index (χ4v) is 4.13. The summed E-state index contributed by atoms with van der Waals surface area (Å²) in [4.78, 5) is 12.1. The van der Waals surface area contributed by atoms with Crippen molar-refractivity contribution in [3.63, 3.8) is 0 Å². The van der Waals surface area contributed by atoms with Crippen LogP contribution in [0.2, 0.25) is 5.02 Å². The van der Waals surface area contributed by atoms with Crippen molar-refractivity contribution in [1.29, 1.82) is 0 Å². The minimum absolute atomic E-state index is 0.0892. The summed E-state index contributed by atoms with van der Waals surface area (Å²) in [5.41, 5.74) is 1.47. The third kappa shape index (κ3) is 5.78. The van der Waals surface area contributed by atoms with Crippen molar-refractivity contribution in [2.45, 2.75) is 18.6 Å². The average molecular weight is 521 g/mol. The number of aliphatic carboxylic acids is 1. The van der Waals surface area contributed by atoms with Crippen molar-refractivity contribution in [2.75, 3.05) is 6.61 Å². The molecule has 0 bridgehead atoms. The van der Waals surface area contributed by atoms with Gasteiger partial charge in [0.15, 0.2) is 11.0 Å². The van der Waals surface area contributed by atoms with Gasteiger partial charge in [-0.05, 0) is 67.2 Å². The van der Waals surface area contributed by atoms with Gasteiger partial charge in [0.05, 0.1) is 0 Å². The van der Waals surface area contributed by atoms with Crippen LogP contribution in [0.25, 0.3) is 17.5 Å². The van der Waals surface area contributed by atoms with Crippen LogP contribution >= 0.6 is 39.3 Å². The Labute approximate surface area is 197 Å². The number of aromatic nitrogens is 3. The Bertz CT molecular complexity index is 1130. The van der Waals surface area contributed by atoms with Gasteiger partial charge in [-0.2, -0.15) is 0 Å². The summed E-state index contributed by atoms with van der Waals surface area (Å²) < 4.78 is 8.33. The van der Waals surface area contributed by atoms with Crippen molar-refractivity contribution in [2.24, 2.45) is 0 Å². The van der Waals surface area contributed by atoms with Crippen molar-refractivity contribution >= 4 is 51.3 Å². The van der Waals surface area contributed by atoms with E-state index in [-0.39, 0.29) is 4.91 Å². The minimum atomic E-state index is -1.07. The van der Waals surface area contributed by atoms with Crippen LogP contribution in [0.4, 0.5) is 0 Å². The summed E-state index contributed by atoms with van der Waals surface area (Å²) in [5.74, 6) is 0.128. The SMILES string of the molecule is C=CCOc1ccc(Br)cc1/C=C(\Sc1nnc(-c2ccc(Cl)cc2)n1CC)C(=O)O. The van der Waals surface area contributed by atoms with E-state index in [0.717, 1.165) is 21.8 Å². The number of ether oxygens (including phenoxy) is 1. The van der Waals surface area contributed by atoms with Crippen LogP contribution in [0, 0.1) is 0 Å². The number of carboxylic acids is 1. The van der Waals surface area contributed by atoms with Gasteiger partial charge in [-0.15, -0.1) is 10.2 Å². The number of hydrogen-bond donors (Lipinski definition) is 1. The largest absolute Gasteiger partial charge is 0.489 e. The van der Waals surface area contributed by atoms with Crippen LogP contribution in [-0.2, 0) is 11.3 Å². The summed E-state index contributed by atoms with van der Waals surface area (Å²) in [7, 11) is 0. The molecular weight excluding hydrogens is 502 g/mol. The topological polar surface area (TPSA) is 77.2 Å². The molecule has 2 aromatic carbocycles. The normalized spacial score (nSPS) is 11.4. The molecule has 1 N–H and O–H groups in total. The van der Waals surface area contributed by atoms with Crippen molar-refractivity contribution in [3.05, 3.63) is 75.1 Å². The van der Waals surface area contributed by atoms with E-state index in [9.17, 15) is 9.90 Å². The molecule has 0 amide bonds. The molecular formula is C22H19BrClN3O3S. The molecule has 0 aliphatic carbocycles. The Kier molecular flexibility index (Phi) is 7.95. The average Bonchev–Trinajstić information content (AvgIpc) is 3.15. The van der Waals surface area contributed by atoms with Gasteiger partial charge in [0.25, 0.3) is 0 Å². The van der Waals surface area contributed by atoms with E-state index in [2.05, 4.69) is 32.7 Å². The van der Waals surface area contributed by atoms with Gasteiger partial charge >= 0.3 is 5.97 Å². The zero-order chi connectivity index (χ0) is 22.4. The highest BCUT2D eigenvalue weighted by Gasteiger charge is 2.19. The molecule has 0 aliphatic heterocycles. The number of hydrogen-bond acceptors (Lipinski definition) is 5. The molecule has 31 heavy (non-hydrogen) atoms. The fourth-order valence-electron chi connectivity index (χ4n) is 2.75. The monoisotopic (exact) mass is 519 g/mol. The molecule has 0 atom stereocenters. The lowest BCUT2D eigenvalue weighted by Gasteiger charge is -2.10. The first kappa shape index (κ1) is 23.1. The maximum Gasteiger partial charge on any atom is 0.342 e. The van der Waals surface area contributed by atoms with Gasteiger partial charge < -0.3 is 14.4 Å². The molecule has 0 saturated carbocycles. The van der Waals surface area contributed by atoms with Crippen LogP contribution in [0.3, 0.4) is 0 Å². The van der Waals surface area contributed by atoms with Gasteiger partial charge in [0.1, 0.15) is 17.3 Å². The highest BCUT2D eigenvalue weighted by atomic mass is 79.9. The molecule has 3 rings (SSSR count). The standard InChI is InChI=1S/C22H19BrClN3O3S/c1-3-11-30-18-10-7-16(23)12-15(18)13-19(21(28)29)31-22-26-25-20(27(22)4-2)14-5-8-17(24)9-6-14/h3,5-10,12-13H,1,4,11H2,2H3,(H,28,29)/b19-13-. The first-order valence-corrected chi connectivity index (χ1v) is 11.3. The number of thioether (sulfide) groups is 1. The summed E-state index contributed by atoms with van der Waals surface area (Å²) in [6.45, 7) is 6.48. The van der Waals surface area contributed by atoms with Crippen molar-refractivity contribution in [3.8, 4) is 17.1 Å². The summed E-state index contributed by atoms with van der Waals surface area (Å²) >= 11 is 10.4. The maximum atomic E-state index is 12.0. The maximum absolute atomic E-state index is 12.0. The van der Waals surface area contributed by atoms with E-state index in [1.807, 2.05) is 29.7 Å². The summed E-state index contributed by atoms with van der Waals surface area (Å²) in [5, 5.41) is 19.4. The van der Waals surface area contributed by atoms with Crippen molar-refractivity contribution < 1.29 is 14.6 Å². The van der Waals surface area contributed by atoms with E-state index in [1.165, 1.54) is 0 Å². The molecule has 0 unspecified atom stereocenters. The van der Waals surface area contributed by atoms with Gasteiger partial charge in [0.2, 0.25) is 0 Å². The third-order valence-corrected chi connectivity index (χ3v) is 5.90. The van der Waals surface area contributed by atoms with Gasteiger partial charge in [-0.25, -0.2) is 4.79 Å². The molecule has 6 nitrogen and oxygen atoms in total. The lowest BCUT2D eigenvalue weighted by Crippen LogP contribution is -2.03. The first-order chi connectivity index (χ1) is 14.9. The number of nitrogens with zero attached hydrogens (tertiary/aromatic N) is 3. The molecule has 0 spiro atoms. The summed E-state index contributed by atoms with van der Waals surface area (Å²) in [6, 6.07) is 12.7. The zero-order valence-electron chi connectivity index (χ0n) is 16.6. The summed E-state index contributed by atoms with van der Waals surface area (Å²) in [6.07, 6.45) is 3.19. The van der Waals surface area contributed by atoms with Gasteiger partial charge in [-0.3, -0.25) is 0 Å². The number of benzene rings is 2. The van der Waals surface area contributed by atoms with Crippen LogP contribution in [0.1, 0.15) is 12.5 Å². The molecule has 160 valence electrons. The smallest absolute Gasteiger partial charge is 0.342 e. The van der Waals surface area contributed by atoms with E-state index >= 15 is 0 Å². The Morgan fingerprint density at radius 1 is 1.29 bits per heavy atom. The second-order valence-corrected chi connectivity index (χ2v) is 8.62. The lowest BCUT2D eigenvalue weighted by molar-refractivity contribution is -0.131. The first-order valence-electron chi connectivity index (χ1n) is 9.28. The minimum Gasteiger partial charge on any atom is -0.489 e. The molecule has 3 aromatic rings. The van der Waals surface area contributed by atoms with Crippen LogP contribution in [-0.4, -0.2) is 32.4 Å². The van der Waals surface area contributed by atoms with Gasteiger partial charge in [-0.1, -0.05) is 40.2 Å². The highest BCUT2D eigenvalue weighted by Crippen LogP contribution is 2.33. The van der Waals surface area contributed by atoms with Gasteiger partial charge in [0, 0.05) is 27.2 Å². The number of carboxylic acid groups (broad SMARTS) is 1. The van der Waals surface area contributed by atoms with Crippen LogP contribution < -0.4 is 4.74 Å². The quantitative estimate of drug-likeness (QED) is 0.207. The van der Waals surface area contributed by atoms with E-state index in [0.29, 0.717) is 40.5 Å². The lowest BCUT2D eigenvalue weighted by atomic mass is 10.2. The van der Waals surface area contributed by atoms with Crippen molar-refractivity contribution in [1.82, 2.24) is 14.8 Å². The Morgan fingerprint density at radius 3 is 2.68 bits per heavy atom. The Hall–Kier alpha value is -2.55. The van der Waals surface area contributed by atoms with E-state index in [4.69, 9.17) is 16.3 Å². The predicted molar refractivity (Wildman–Crippen MR) is 127 cm³/mol. The van der Waals surface area contributed by atoms with E-state index < -0.39 is 5.97 Å². The molecule has 0 fully saturated rings. The van der Waals surface area contributed by atoms with Crippen LogP contribution in [0.5, 0.6) is 5.75 Å². The zero-order valence-corrected chi connectivity index (χ0v) is 19.7. The Morgan fingerprint density at radius 2 is 2.03 bits per heavy atom. The fraction of sp³-hybridized carbons (Fsp3) is 0.136. The number of halogens is 2. The highest BCUT2D eigenvalue weighted by molar-refractivity contribution is 9.10. The molecule has 9 heteroatoms. The molecule has 0 aliphatic rings. The number of rotatable bonds is 9.